The van der Waals surface area contributed by atoms with Gasteiger partial charge >= 0.3 is 5.97 Å². The molecule has 19 heavy (non-hydrogen) atoms. The fourth-order valence-corrected chi connectivity index (χ4v) is 2.72. The van der Waals surface area contributed by atoms with Crippen molar-refractivity contribution in [2.45, 2.75) is 30.7 Å². The first kappa shape index (κ1) is 15.6. The van der Waals surface area contributed by atoms with Gasteiger partial charge < -0.3 is 10.2 Å². The van der Waals surface area contributed by atoms with Crippen LogP contribution in [-0.4, -0.2) is 37.2 Å². The van der Waals surface area contributed by atoms with Gasteiger partial charge in [-0.25, -0.2) is 8.42 Å². The van der Waals surface area contributed by atoms with Crippen LogP contribution in [0.15, 0.2) is 29.2 Å². The van der Waals surface area contributed by atoms with Crippen LogP contribution in [-0.2, 0) is 14.8 Å². The average molecular weight is 287 g/mol. The Hall–Kier alpha value is -1.44. The summed E-state index contributed by atoms with van der Waals surface area (Å²) in [5, 5.41) is 17.6. The fraction of sp³-hybridized carbons (Fsp3) is 0.417. The van der Waals surface area contributed by atoms with E-state index in [1.807, 2.05) is 6.92 Å². The molecular formula is C12H17NO5S. The van der Waals surface area contributed by atoms with E-state index in [2.05, 4.69) is 4.72 Å². The summed E-state index contributed by atoms with van der Waals surface area (Å²) < 4.78 is 26.1. The molecule has 1 rings (SSSR count). The molecule has 6 nitrogen and oxygen atoms in total. The molecule has 1 aromatic carbocycles. The third-order valence-electron chi connectivity index (χ3n) is 2.58. The first-order valence-electron chi connectivity index (χ1n) is 5.79. The largest absolute Gasteiger partial charge is 0.480 e. The lowest BCUT2D eigenvalue weighted by Gasteiger charge is -2.14. The molecule has 0 aliphatic heterocycles. The zero-order valence-electron chi connectivity index (χ0n) is 10.5. The predicted molar refractivity (Wildman–Crippen MR) is 69.2 cm³/mol. The molecule has 0 aliphatic rings. The van der Waals surface area contributed by atoms with Crippen molar-refractivity contribution < 1.29 is 23.4 Å². The number of aliphatic carboxylic acids is 1. The first-order chi connectivity index (χ1) is 8.86. The lowest BCUT2D eigenvalue weighted by Crippen LogP contribution is -2.40. The molecule has 1 unspecified atom stereocenters. The minimum atomic E-state index is -3.86. The van der Waals surface area contributed by atoms with Crippen molar-refractivity contribution in [1.82, 2.24) is 4.72 Å². The van der Waals surface area contributed by atoms with Crippen molar-refractivity contribution in [3.63, 3.8) is 0 Å². The van der Waals surface area contributed by atoms with Crippen LogP contribution in [0, 0.1) is 6.92 Å². The van der Waals surface area contributed by atoms with Crippen LogP contribution in [0.1, 0.15) is 18.4 Å². The highest BCUT2D eigenvalue weighted by molar-refractivity contribution is 7.89. The molecule has 0 saturated heterocycles. The Labute approximate surface area is 112 Å². The van der Waals surface area contributed by atoms with Crippen molar-refractivity contribution >= 4 is 16.0 Å². The van der Waals surface area contributed by atoms with E-state index < -0.39 is 22.0 Å². The number of carboxylic acids is 1. The molecule has 0 heterocycles. The second-order valence-corrected chi connectivity index (χ2v) is 5.90. The van der Waals surface area contributed by atoms with Gasteiger partial charge in [0.25, 0.3) is 0 Å². The number of nitrogens with one attached hydrogen (secondary N) is 1. The van der Waals surface area contributed by atoms with Crippen LogP contribution in [0.4, 0.5) is 0 Å². The molecule has 0 bridgehead atoms. The Bertz CT molecular complexity index is 524. The van der Waals surface area contributed by atoms with E-state index in [1.54, 1.807) is 12.1 Å². The Morgan fingerprint density at radius 1 is 1.32 bits per heavy atom. The third kappa shape index (κ3) is 4.62. The van der Waals surface area contributed by atoms with E-state index in [0.29, 0.717) is 0 Å². The van der Waals surface area contributed by atoms with E-state index in [0.717, 1.165) is 5.56 Å². The normalized spacial score (nSPS) is 13.2. The van der Waals surface area contributed by atoms with Crippen LogP contribution in [0.5, 0.6) is 0 Å². The number of rotatable bonds is 7. The molecule has 106 valence electrons. The zero-order valence-corrected chi connectivity index (χ0v) is 11.4. The maximum atomic E-state index is 12.0. The highest BCUT2D eigenvalue weighted by Gasteiger charge is 2.24. The topological polar surface area (TPSA) is 104 Å². The van der Waals surface area contributed by atoms with E-state index in [4.69, 9.17) is 10.2 Å². The maximum absolute atomic E-state index is 12.0. The summed E-state index contributed by atoms with van der Waals surface area (Å²) >= 11 is 0. The number of hydrogen-bond acceptors (Lipinski definition) is 4. The number of aliphatic hydroxyl groups excluding tert-OH is 1. The zero-order chi connectivity index (χ0) is 14.5. The number of hydrogen-bond donors (Lipinski definition) is 3. The van der Waals surface area contributed by atoms with Crippen LogP contribution < -0.4 is 4.72 Å². The summed E-state index contributed by atoms with van der Waals surface area (Å²) in [6.45, 7) is 1.64. The minimum absolute atomic E-state index is 0.0216. The first-order valence-corrected chi connectivity index (χ1v) is 7.28. The summed E-state index contributed by atoms with van der Waals surface area (Å²) in [6, 6.07) is 4.87. The molecule has 7 heteroatoms. The standard InChI is InChI=1S/C12H17NO5S/c1-9-4-6-10(7-5-9)19(17,18)13-11(12(15)16)3-2-8-14/h4-7,11,13-14H,2-3,8H2,1H3,(H,15,16). The fourth-order valence-electron chi connectivity index (χ4n) is 1.50. The lowest BCUT2D eigenvalue weighted by molar-refractivity contribution is -0.139. The van der Waals surface area contributed by atoms with Crippen LogP contribution in [0.25, 0.3) is 0 Å². The van der Waals surface area contributed by atoms with Gasteiger partial charge in [0.1, 0.15) is 6.04 Å². The Kier molecular flexibility index (Phi) is 5.46. The van der Waals surface area contributed by atoms with E-state index in [-0.39, 0.29) is 24.3 Å². The Morgan fingerprint density at radius 2 is 1.89 bits per heavy atom. The number of carbonyl (C=O) groups is 1. The van der Waals surface area contributed by atoms with Gasteiger partial charge in [-0.05, 0) is 31.9 Å². The third-order valence-corrected chi connectivity index (χ3v) is 4.07. The molecule has 1 aromatic rings. The maximum Gasteiger partial charge on any atom is 0.321 e. The Balaban J connectivity index is 2.87. The molecule has 3 N–H and O–H groups in total. The van der Waals surface area contributed by atoms with Gasteiger partial charge in [-0.15, -0.1) is 0 Å². The van der Waals surface area contributed by atoms with Gasteiger partial charge in [0.15, 0.2) is 0 Å². The molecule has 0 aliphatic carbocycles. The van der Waals surface area contributed by atoms with Crippen molar-refractivity contribution in [2.24, 2.45) is 0 Å². The van der Waals surface area contributed by atoms with E-state index in [1.165, 1.54) is 12.1 Å². The molecule has 1 atom stereocenters. The summed E-state index contributed by atoms with van der Waals surface area (Å²) in [5.74, 6) is -1.26. The van der Waals surface area contributed by atoms with Crippen molar-refractivity contribution in [2.75, 3.05) is 6.61 Å². The summed E-state index contributed by atoms with van der Waals surface area (Å²) in [5.41, 5.74) is 0.911. The Morgan fingerprint density at radius 3 is 2.37 bits per heavy atom. The quantitative estimate of drug-likeness (QED) is 0.677. The monoisotopic (exact) mass is 287 g/mol. The molecule has 0 fully saturated rings. The van der Waals surface area contributed by atoms with E-state index in [9.17, 15) is 13.2 Å². The smallest absolute Gasteiger partial charge is 0.321 e. The molecule has 0 aromatic heterocycles. The second kappa shape index (κ2) is 6.65. The summed E-state index contributed by atoms with van der Waals surface area (Å²) in [4.78, 5) is 11.0. The molecule has 0 radical (unpaired) electrons. The highest BCUT2D eigenvalue weighted by Crippen LogP contribution is 2.11. The second-order valence-electron chi connectivity index (χ2n) is 4.19. The van der Waals surface area contributed by atoms with Crippen LogP contribution in [0.3, 0.4) is 0 Å². The molecular weight excluding hydrogens is 270 g/mol. The lowest BCUT2D eigenvalue weighted by atomic mass is 10.2. The van der Waals surface area contributed by atoms with Crippen molar-refractivity contribution in [3.05, 3.63) is 29.8 Å². The molecule has 0 amide bonds. The van der Waals surface area contributed by atoms with Crippen molar-refractivity contribution in [3.8, 4) is 0 Å². The molecule has 0 spiro atoms. The molecule has 0 saturated carbocycles. The number of benzene rings is 1. The number of sulfonamides is 1. The number of aliphatic hydroxyl groups is 1. The minimum Gasteiger partial charge on any atom is -0.480 e. The van der Waals surface area contributed by atoms with Crippen LogP contribution in [0.2, 0.25) is 0 Å². The van der Waals surface area contributed by atoms with Gasteiger partial charge in [-0.1, -0.05) is 17.7 Å². The summed E-state index contributed by atoms with van der Waals surface area (Å²) in [6.07, 6.45) is 0.254. The average Bonchev–Trinajstić information content (AvgIpc) is 2.34. The highest BCUT2D eigenvalue weighted by atomic mass is 32.2. The van der Waals surface area contributed by atoms with Gasteiger partial charge in [-0.3, -0.25) is 4.79 Å². The SMILES string of the molecule is Cc1ccc(S(=O)(=O)NC(CCCO)C(=O)O)cc1. The number of aryl methyl sites for hydroxylation is 1. The van der Waals surface area contributed by atoms with Gasteiger partial charge in [0.05, 0.1) is 4.90 Å². The summed E-state index contributed by atoms with van der Waals surface area (Å²) in [7, 11) is -3.86. The number of carboxylic acid groups (broad SMARTS) is 1. The van der Waals surface area contributed by atoms with Gasteiger partial charge in [-0.2, -0.15) is 4.72 Å². The van der Waals surface area contributed by atoms with E-state index >= 15 is 0 Å². The van der Waals surface area contributed by atoms with Crippen LogP contribution >= 0.6 is 0 Å². The predicted octanol–water partition coefficient (Wildman–Crippen LogP) is 0.499. The van der Waals surface area contributed by atoms with Gasteiger partial charge in [0.2, 0.25) is 10.0 Å². The van der Waals surface area contributed by atoms with Gasteiger partial charge in [0, 0.05) is 6.61 Å². The van der Waals surface area contributed by atoms with Crippen molar-refractivity contribution in [1.29, 1.82) is 0 Å².